The van der Waals surface area contributed by atoms with Gasteiger partial charge in [-0.15, -0.1) is 0 Å². The van der Waals surface area contributed by atoms with E-state index in [1.807, 2.05) is 0 Å². The molecular weight excluding hydrogens is 229 g/mol. The first-order valence-corrected chi connectivity index (χ1v) is 6.75. The highest BCUT2D eigenvalue weighted by Crippen LogP contribution is 2.44. The molecule has 2 aliphatic carbocycles. The Morgan fingerprint density at radius 2 is 2.11 bits per heavy atom. The smallest absolute Gasteiger partial charge is 0.224 e. The van der Waals surface area contributed by atoms with E-state index in [0.717, 1.165) is 12.3 Å². The van der Waals surface area contributed by atoms with E-state index in [1.165, 1.54) is 25.3 Å². The number of fused-ring (bicyclic) bond motifs is 2. The zero-order valence-electron chi connectivity index (χ0n) is 10.4. The number of hydrogen-bond donors (Lipinski definition) is 1. The van der Waals surface area contributed by atoms with Crippen LogP contribution in [0.4, 0.5) is 4.39 Å². The van der Waals surface area contributed by atoms with Gasteiger partial charge in [0.25, 0.3) is 0 Å². The van der Waals surface area contributed by atoms with Crippen LogP contribution in [-0.2, 0) is 11.2 Å². The van der Waals surface area contributed by atoms with Crippen molar-refractivity contribution in [1.82, 2.24) is 5.32 Å². The Bertz CT molecular complexity index is 460. The summed E-state index contributed by atoms with van der Waals surface area (Å²) >= 11 is 0. The third-order valence-corrected chi connectivity index (χ3v) is 4.39. The third-order valence-electron chi connectivity index (χ3n) is 4.39. The molecule has 2 nitrogen and oxygen atoms in total. The van der Waals surface area contributed by atoms with Crippen LogP contribution >= 0.6 is 0 Å². The van der Waals surface area contributed by atoms with Crippen LogP contribution in [0.3, 0.4) is 0 Å². The lowest BCUT2D eigenvalue weighted by atomic mass is 9.95. The van der Waals surface area contributed by atoms with Gasteiger partial charge in [-0.2, -0.15) is 0 Å². The molecule has 3 atom stereocenters. The van der Waals surface area contributed by atoms with E-state index in [9.17, 15) is 9.18 Å². The second kappa shape index (κ2) is 4.71. The standard InChI is InChI=1S/C15H18FNO/c16-13-4-2-1-3-11(13)9-15(18)17-14-8-10-5-6-12(14)7-10/h1-4,10,12,14H,5-9H2,(H,17,18)/t10-,12-,14-/m0/s1. The summed E-state index contributed by atoms with van der Waals surface area (Å²) < 4.78 is 13.4. The number of nitrogens with one attached hydrogen (secondary N) is 1. The normalized spacial score (nSPS) is 29.5. The molecule has 18 heavy (non-hydrogen) atoms. The number of amides is 1. The average Bonchev–Trinajstić information content (AvgIpc) is 2.94. The maximum absolute atomic E-state index is 13.4. The molecule has 1 N–H and O–H groups in total. The minimum atomic E-state index is -0.291. The van der Waals surface area contributed by atoms with Crippen LogP contribution in [0.5, 0.6) is 0 Å². The molecule has 0 aromatic heterocycles. The van der Waals surface area contributed by atoms with Crippen molar-refractivity contribution in [2.75, 3.05) is 0 Å². The van der Waals surface area contributed by atoms with Gasteiger partial charge in [0, 0.05) is 6.04 Å². The van der Waals surface area contributed by atoms with Crippen LogP contribution in [0.25, 0.3) is 0 Å². The van der Waals surface area contributed by atoms with Crippen LogP contribution in [-0.4, -0.2) is 11.9 Å². The van der Waals surface area contributed by atoms with Crippen LogP contribution in [0, 0.1) is 17.7 Å². The van der Waals surface area contributed by atoms with Gasteiger partial charge in [0.05, 0.1) is 6.42 Å². The van der Waals surface area contributed by atoms with Crippen molar-refractivity contribution in [3.05, 3.63) is 35.6 Å². The summed E-state index contributed by atoms with van der Waals surface area (Å²) in [6.45, 7) is 0. The second-order valence-electron chi connectivity index (χ2n) is 5.62. The van der Waals surface area contributed by atoms with E-state index >= 15 is 0 Å². The third kappa shape index (κ3) is 2.26. The van der Waals surface area contributed by atoms with Crippen molar-refractivity contribution in [2.45, 2.75) is 38.1 Å². The Hall–Kier alpha value is -1.38. The van der Waals surface area contributed by atoms with Gasteiger partial charge < -0.3 is 5.32 Å². The first-order valence-electron chi connectivity index (χ1n) is 6.75. The topological polar surface area (TPSA) is 29.1 Å². The number of benzene rings is 1. The van der Waals surface area contributed by atoms with Gasteiger partial charge in [-0.3, -0.25) is 4.79 Å². The number of carbonyl (C=O) groups excluding carboxylic acids is 1. The van der Waals surface area contributed by atoms with E-state index in [1.54, 1.807) is 18.2 Å². The fourth-order valence-corrected chi connectivity index (χ4v) is 3.49. The first-order chi connectivity index (χ1) is 8.72. The molecule has 0 radical (unpaired) electrons. The highest BCUT2D eigenvalue weighted by atomic mass is 19.1. The summed E-state index contributed by atoms with van der Waals surface area (Å²) in [7, 11) is 0. The summed E-state index contributed by atoms with van der Waals surface area (Å²) in [5.41, 5.74) is 0.484. The van der Waals surface area contributed by atoms with Gasteiger partial charge in [-0.1, -0.05) is 24.6 Å². The highest BCUT2D eigenvalue weighted by molar-refractivity contribution is 5.79. The van der Waals surface area contributed by atoms with Crippen LogP contribution in [0.1, 0.15) is 31.2 Å². The van der Waals surface area contributed by atoms with E-state index in [4.69, 9.17) is 0 Å². The molecule has 1 aromatic rings. The fraction of sp³-hybridized carbons (Fsp3) is 0.533. The van der Waals surface area contributed by atoms with Crippen molar-refractivity contribution < 1.29 is 9.18 Å². The molecule has 0 saturated heterocycles. The molecule has 2 aliphatic rings. The Labute approximate surface area is 107 Å². The Morgan fingerprint density at radius 3 is 2.78 bits per heavy atom. The molecule has 96 valence electrons. The van der Waals surface area contributed by atoms with E-state index in [2.05, 4.69) is 5.32 Å². The molecule has 1 aromatic carbocycles. The zero-order valence-corrected chi connectivity index (χ0v) is 10.4. The molecular formula is C15H18FNO. The van der Waals surface area contributed by atoms with Gasteiger partial charge in [-0.05, 0) is 42.7 Å². The number of hydrogen-bond acceptors (Lipinski definition) is 1. The summed E-state index contributed by atoms with van der Waals surface area (Å²) in [5.74, 6) is 1.14. The van der Waals surface area contributed by atoms with Crippen molar-refractivity contribution in [1.29, 1.82) is 0 Å². The quantitative estimate of drug-likeness (QED) is 0.874. The van der Waals surface area contributed by atoms with Crippen molar-refractivity contribution >= 4 is 5.91 Å². The van der Waals surface area contributed by atoms with Gasteiger partial charge in [0.1, 0.15) is 5.82 Å². The predicted octanol–water partition coefficient (Wildman–Crippen LogP) is 2.67. The summed E-state index contributed by atoms with van der Waals surface area (Å²) in [5, 5.41) is 3.08. The second-order valence-corrected chi connectivity index (χ2v) is 5.62. The van der Waals surface area contributed by atoms with Crippen LogP contribution in [0.2, 0.25) is 0 Å². The van der Waals surface area contributed by atoms with E-state index in [0.29, 0.717) is 17.5 Å². The Kier molecular flexibility index (Phi) is 3.06. The molecule has 0 spiro atoms. The maximum atomic E-state index is 13.4. The Morgan fingerprint density at radius 1 is 1.28 bits per heavy atom. The minimum absolute atomic E-state index is 0.0438. The molecule has 3 heteroatoms. The largest absolute Gasteiger partial charge is 0.353 e. The monoisotopic (exact) mass is 247 g/mol. The lowest BCUT2D eigenvalue weighted by Gasteiger charge is -2.22. The van der Waals surface area contributed by atoms with Gasteiger partial charge in [-0.25, -0.2) is 4.39 Å². The lowest BCUT2D eigenvalue weighted by molar-refractivity contribution is -0.121. The summed E-state index contributed by atoms with van der Waals surface area (Å²) in [6.07, 6.45) is 5.11. The van der Waals surface area contributed by atoms with Crippen molar-refractivity contribution in [3.8, 4) is 0 Å². The Balaban J connectivity index is 1.58. The van der Waals surface area contributed by atoms with Crippen molar-refractivity contribution in [2.24, 2.45) is 11.8 Å². The average molecular weight is 247 g/mol. The lowest BCUT2D eigenvalue weighted by Crippen LogP contribution is -2.39. The van der Waals surface area contributed by atoms with Gasteiger partial charge >= 0.3 is 0 Å². The van der Waals surface area contributed by atoms with Gasteiger partial charge in [0.15, 0.2) is 0 Å². The van der Waals surface area contributed by atoms with Crippen LogP contribution < -0.4 is 5.32 Å². The number of rotatable bonds is 3. The zero-order chi connectivity index (χ0) is 12.5. The fourth-order valence-electron chi connectivity index (χ4n) is 3.49. The molecule has 0 unspecified atom stereocenters. The highest BCUT2D eigenvalue weighted by Gasteiger charge is 2.39. The maximum Gasteiger partial charge on any atom is 0.224 e. The molecule has 2 saturated carbocycles. The summed E-state index contributed by atoms with van der Waals surface area (Å²) in [4.78, 5) is 11.9. The SMILES string of the molecule is O=C(Cc1ccccc1F)N[C@H]1C[C@H]2CC[C@H]1C2. The van der Waals surface area contributed by atoms with E-state index < -0.39 is 0 Å². The first kappa shape index (κ1) is 11.7. The number of carbonyl (C=O) groups is 1. The molecule has 2 bridgehead atoms. The molecule has 2 fully saturated rings. The molecule has 0 aliphatic heterocycles. The predicted molar refractivity (Wildman–Crippen MR) is 67.5 cm³/mol. The number of halogens is 1. The molecule has 0 heterocycles. The van der Waals surface area contributed by atoms with E-state index in [-0.39, 0.29) is 18.1 Å². The molecule has 1 amide bonds. The van der Waals surface area contributed by atoms with Gasteiger partial charge in [0.2, 0.25) is 5.91 Å². The summed E-state index contributed by atoms with van der Waals surface area (Å²) in [6, 6.07) is 6.83. The minimum Gasteiger partial charge on any atom is -0.353 e. The molecule has 3 rings (SSSR count). The van der Waals surface area contributed by atoms with Crippen LogP contribution in [0.15, 0.2) is 24.3 Å². The van der Waals surface area contributed by atoms with Crippen molar-refractivity contribution in [3.63, 3.8) is 0 Å².